The molecule has 0 aliphatic carbocycles. The van der Waals surface area contributed by atoms with Gasteiger partial charge < -0.3 is 0 Å². The highest BCUT2D eigenvalue weighted by atomic mass is 79.9. The summed E-state index contributed by atoms with van der Waals surface area (Å²) in [7, 11) is -4.44. The molecule has 0 saturated carbocycles. The number of nitrogens with zero attached hydrogens (tertiary/aromatic N) is 1. The molecule has 0 heterocycles. The van der Waals surface area contributed by atoms with Crippen molar-refractivity contribution >= 4 is 37.3 Å². The molecule has 0 aliphatic heterocycles. The number of anilines is 1. The summed E-state index contributed by atoms with van der Waals surface area (Å²) in [5, 5.41) is 10.9. The standard InChI is InChI=1S/C13H8BrF3N2O4S/c14-9-4-5-12(19(20)21)11(7-9)18-24(22,23)10-3-1-2-8(6-10)13(15,16)17/h1-7,18H. The first-order chi connectivity index (χ1) is 11.0. The van der Waals surface area contributed by atoms with E-state index in [0.29, 0.717) is 10.5 Å². The van der Waals surface area contributed by atoms with Crippen LogP contribution in [0.2, 0.25) is 0 Å². The van der Waals surface area contributed by atoms with E-state index in [1.54, 1.807) is 0 Å². The van der Waals surface area contributed by atoms with Gasteiger partial charge in [-0.05, 0) is 30.3 Å². The number of hydrogen-bond acceptors (Lipinski definition) is 4. The fourth-order valence-corrected chi connectivity index (χ4v) is 3.26. The maximum Gasteiger partial charge on any atom is 0.416 e. The normalized spacial score (nSPS) is 12.0. The smallest absolute Gasteiger partial charge is 0.273 e. The zero-order valence-electron chi connectivity index (χ0n) is 11.5. The third kappa shape index (κ3) is 4.03. The zero-order valence-corrected chi connectivity index (χ0v) is 13.9. The molecule has 0 atom stereocenters. The molecule has 11 heteroatoms. The van der Waals surface area contributed by atoms with Gasteiger partial charge in [0.25, 0.3) is 15.7 Å². The Morgan fingerprint density at radius 1 is 1.12 bits per heavy atom. The van der Waals surface area contributed by atoms with Crippen LogP contribution in [-0.2, 0) is 16.2 Å². The minimum atomic E-state index is -4.71. The highest BCUT2D eigenvalue weighted by molar-refractivity contribution is 9.10. The number of halogens is 4. The topological polar surface area (TPSA) is 89.3 Å². The van der Waals surface area contributed by atoms with E-state index in [1.165, 1.54) is 6.07 Å². The van der Waals surface area contributed by atoms with Crippen molar-refractivity contribution < 1.29 is 26.5 Å². The third-order valence-electron chi connectivity index (χ3n) is 2.87. The van der Waals surface area contributed by atoms with Crippen molar-refractivity contribution in [3.63, 3.8) is 0 Å². The van der Waals surface area contributed by atoms with Gasteiger partial charge in [0.2, 0.25) is 0 Å². The molecule has 0 fully saturated rings. The molecule has 6 nitrogen and oxygen atoms in total. The Kier molecular flexibility index (Phi) is 4.85. The molecule has 0 unspecified atom stereocenters. The number of sulfonamides is 1. The average Bonchev–Trinajstić information content (AvgIpc) is 2.46. The highest BCUT2D eigenvalue weighted by Crippen LogP contribution is 2.32. The van der Waals surface area contributed by atoms with E-state index in [4.69, 9.17) is 0 Å². The number of nitro groups is 1. The molecule has 0 aliphatic rings. The fourth-order valence-electron chi connectivity index (χ4n) is 1.79. The van der Waals surface area contributed by atoms with Crippen LogP contribution in [0.5, 0.6) is 0 Å². The van der Waals surface area contributed by atoms with Gasteiger partial charge in [-0.25, -0.2) is 8.42 Å². The van der Waals surface area contributed by atoms with Crippen LogP contribution >= 0.6 is 15.9 Å². The molecule has 128 valence electrons. The lowest BCUT2D eigenvalue weighted by molar-refractivity contribution is -0.383. The van der Waals surface area contributed by atoms with Crippen LogP contribution < -0.4 is 4.72 Å². The molecule has 0 amide bonds. The summed E-state index contributed by atoms with van der Waals surface area (Å²) in [5.41, 5.74) is -2.05. The van der Waals surface area contributed by atoms with E-state index in [0.717, 1.165) is 30.3 Å². The Bertz CT molecular complexity index is 900. The van der Waals surface area contributed by atoms with Gasteiger partial charge in [-0.15, -0.1) is 0 Å². The maximum atomic E-state index is 12.7. The SMILES string of the molecule is O=[N+]([O-])c1ccc(Br)cc1NS(=O)(=O)c1cccc(C(F)(F)F)c1. The lowest BCUT2D eigenvalue weighted by Crippen LogP contribution is -2.15. The lowest BCUT2D eigenvalue weighted by Gasteiger charge is -2.11. The molecule has 0 radical (unpaired) electrons. The van der Waals surface area contributed by atoms with Crippen molar-refractivity contribution in [1.29, 1.82) is 0 Å². The predicted octanol–water partition coefficient (Wildman–Crippen LogP) is 4.18. The van der Waals surface area contributed by atoms with Gasteiger partial charge in [-0.3, -0.25) is 14.8 Å². The van der Waals surface area contributed by atoms with Gasteiger partial charge in [0.1, 0.15) is 5.69 Å². The molecular formula is C13H8BrF3N2O4S. The molecule has 2 aromatic rings. The van der Waals surface area contributed by atoms with Crippen LogP contribution in [0, 0.1) is 10.1 Å². The van der Waals surface area contributed by atoms with Crippen molar-refractivity contribution in [2.75, 3.05) is 4.72 Å². The van der Waals surface area contributed by atoms with E-state index in [-0.39, 0.29) is 5.69 Å². The number of hydrogen-bond donors (Lipinski definition) is 1. The lowest BCUT2D eigenvalue weighted by atomic mass is 10.2. The van der Waals surface area contributed by atoms with Crippen molar-refractivity contribution in [2.24, 2.45) is 0 Å². The number of alkyl halides is 3. The number of nitrogens with one attached hydrogen (secondary N) is 1. The maximum absolute atomic E-state index is 12.7. The number of nitro benzene ring substituents is 1. The van der Waals surface area contributed by atoms with Crippen LogP contribution in [0.3, 0.4) is 0 Å². The van der Waals surface area contributed by atoms with Gasteiger partial charge in [-0.1, -0.05) is 22.0 Å². The minimum Gasteiger partial charge on any atom is -0.273 e. The van der Waals surface area contributed by atoms with Gasteiger partial charge in [-0.2, -0.15) is 13.2 Å². The van der Waals surface area contributed by atoms with Crippen LogP contribution in [0.15, 0.2) is 51.8 Å². The van der Waals surface area contributed by atoms with E-state index < -0.39 is 37.3 Å². The summed E-state index contributed by atoms with van der Waals surface area (Å²) in [4.78, 5) is 9.48. The second-order valence-corrected chi connectivity index (χ2v) is 7.15. The Morgan fingerprint density at radius 2 is 1.79 bits per heavy atom. The summed E-state index contributed by atoms with van der Waals surface area (Å²) in [6, 6.07) is 6.61. The quantitative estimate of drug-likeness (QED) is 0.588. The Balaban J connectivity index is 2.47. The Labute approximate surface area is 142 Å². The first-order valence-corrected chi connectivity index (χ1v) is 8.42. The van der Waals surface area contributed by atoms with E-state index >= 15 is 0 Å². The van der Waals surface area contributed by atoms with Crippen LogP contribution in [0.4, 0.5) is 24.5 Å². The van der Waals surface area contributed by atoms with Gasteiger partial charge in [0.15, 0.2) is 0 Å². The van der Waals surface area contributed by atoms with Gasteiger partial charge >= 0.3 is 6.18 Å². The highest BCUT2D eigenvalue weighted by Gasteiger charge is 2.32. The molecule has 0 aromatic heterocycles. The monoisotopic (exact) mass is 424 g/mol. The third-order valence-corrected chi connectivity index (χ3v) is 4.73. The molecule has 2 rings (SSSR count). The van der Waals surface area contributed by atoms with Crippen molar-refractivity contribution in [3.8, 4) is 0 Å². The van der Waals surface area contributed by atoms with Crippen molar-refractivity contribution in [2.45, 2.75) is 11.1 Å². The predicted molar refractivity (Wildman–Crippen MR) is 83.0 cm³/mol. The minimum absolute atomic E-state index is 0.356. The summed E-state index contributed by atoms with van der Waals surface area (Å²) in [6.45, 7) is 0. The van der Waals surface area contributed by atoms with Crippen LogP contribution in [0.1, 0.15) is 5.56 Å². The zero-order chi connectivity index (χ0) is 18.1. The molecule has 0 spiro atoms. The van der Waals surface area contributed by atoms with Crippen molar-refractivity contribution in [3.05, 3.63) is 62.6 Å². The van der Waals surface area contributed by atoms with Crippen LogP contribution in [0.25, 0.3) is 0 Å². The summed E-state index contributed by atoms with van der Waals surface area (Å²) >= 11 is 3.04. The van der Waals surface area contributed by atoms with E-state index in [2.05, 4.69) is 15.9 Å². The Morgan fingerprint density at radius 3 is 2.38 bits per heavy atom. The molecular weight excluding hydrogens is 417 g/mol. The second-order valence-electron chi connectivity index (χ2n) is 4.55. The number of benzene rings is 2. The van der Waals surface area contributed by atoms with E-state index in [1.807, 2.05) is 4.72 Å². The molecule has 24 heavy (non-hydrogen) atoms. The molecule has 0 saturated heterocycles. The van der Waals surface area contributed by atoms with Crippen LogP contribution in [-0.4, -0.2) is 13.3 Å². The molecule has 0 bridgehead atoms. The summed E-state index contributed by atoms with van der Waals surface area (Å²) < 4.78 is 64.9. The first-order valence-electron chi connectivity index (χ1n) is 6.15. The number of rotatable bonds is 4. The average molecular weight is 425 g/mol. The van der Waals surface area contributed by atoms with Gasteiger partial charge in [0.05, 0.1) is 15.4 Å². The summed E-state index contributed by atoms with van der Waals surface area (Å²) in [6.07, 6.45) is -4.71. The summed E-state index contributed by atoms with van der Waals surface area (Å²) in [5.74, 6) is 0. The Hall–Kier alpha value is -2.14. The largest absolute Gasteiger partial charge is 0.416 e. The fraction of sp³-hybridized carbons (Fsp3) is 0.0769. The molecule has 1 N–H and O–H groups in total. The molecule has 2 aromatic carbocycles. The van der Waals surface area contributed by atoms with Crippen molar-refractivity contribution in [1.82, 2.24) is 0 Å². The second kappa shape index (κ2) is 6.40. The first kappa shape index (κ1) is 18.2. The van der Waals surface area contributed by atoms with E-state index in [9.17, 15) is 31.7 Å². The van der Waals surface area contributed by atoms with Gasteiger partial charge in [0, 0.05) is 10.5 Å².